The van der Waals surface area contributed by atoms with Crippen LogP contribution >= 0.6 is 0 Å². The number of carbonyl (C=O) groups is 1. The molecule has 2 rings (SSSR count). The molecule has 1 N–H and O–H groups in total. The van der Waals surface area contributed by atoms with Gasteiger partial charge in [0, 0.05) is 5.57 Å². The van der Waals surface area contributed by atoms with Crippen molar-refractivity contribution in [2.45, 2.75) is 6.42 Å². The Morgan fingerprint density at radius 2 is 2.21 bits per heavy atom. The summed E-state index contributed by atoms with van der Waals surface area (Å²) in [7, 11) is 0. The second-order valence-corrected chi connectivity index (χ2v) is 2.71. The highest BCUT2D eigenvalue weighted by molar-refractivity contribution is 5.72. The first-order chi connectivity index (χ1) is 6.77. The summed E-state index contributed by atoms with van der Waals surface area (Å²) in [5, 5.41) is 23.5. The number of rotatable bonds is 2. The SMILES string of the molecule is O=C(O)CC1=CN=NC1=C1C=CN=N1. The van der Waals surface area contributed by atoms with Gasteiger partial charge in [-0.1, -0.05) is 0 Å². The zero-order chi connectivity index (χ0) is 9.97. The van der Waals surface area contributed by atoms with Crippen molar-refractivity contribution in [3.05, 3.63) is 35.4 Å². The van der Waals surface area contributed by atoms with Crippen molar-refractivity contribution in [3.63, 3.8) is 0 Å². The Morgan fingerprint density at radius 1 is 1.36 bits per heavy atom. The predicted octanol–water partition coefficient (Wildman–Crippen LogP) is 2.00. The molecule has 0 atom stereocenters. The third-order valence-electron chi connectivity index (χ3n) is 1.72. The summed E-state index contributed by atoms with van der Waals surface area (Å²) in [6.45, 7) is 0. The second kappa shape index (κ2) is 3.33. The van der Waals surface area contributed by atoms with E-state index in [4.69, 9.17) is 5.11 Å². The van der Waals surface area contributed by atoms with Crippen LogP contribution in [0, 0.1) is 0 Å². The first kappa shape index (κ1) is 8.49. The van der Waals surface area contributed by atoms with Gasteiger partial charge < -0.3 is 5.11 Å². The van der Waals surface area contributed by atoms with Gasteiger partial charge in [-0.2, -0.15) is 10.2 Å². The first-order valence-electron chi connectivity index (χ1n) is 3.91. The highest BCUT2D eigenvalue weighted by atomic mass is 16.4. The van der Waals surface area contributed by atoms with Gasteiger partial charge in [-0.25, -0.2) is 0 Å². The van der Waals surface area contributed by atoms with Crippen LogP contribution in [0.25, 0.3) is 0 Å². The van der Waals surface area contributed by atoms with Crippen LogP contribution in [0.15, 0.2) is 55.9 Å². The Bertz CT molecular complexity index is 415. The number of aliphatic carboxylic acids is 1. The minimum absolute atomic E-state index is 0.102. The van der Waals surface area contributed by atoms with Gasteiger partial charge in [0.15, 0.2) is 0 Å². The van der Waals surface area contributed by atoms with Gasteiger partial charge in [-0.15, -0.1) is 10.2 Å². The average Bonchev–Trinajstić information content (AvgIpc) is 2.70. The molecule has 0 saturated carbocycles. The Labute approximate surface area is 79.1 Å². The lowest BCUT2D eigenvalue weighted by Gasteiger charge is -1.98. The zero-order valence-corrected chi connectivity index (χ0v) is 7.08. The van der Waals surface area contributed by atoms with Crippen LogP contribution in [-0.4, -0.2) is 11.1 Å². The summed E-state index contributed by atoms with van der Waals surface area (Å²) < 4.78 is 0. The van der Waals surface area contributed by atoms with Gasteiger partial charge in [-0.05, 0) is 6.08 Å². The van der Waals surface area contributed by atoms with E-state index in [1.54, 1.807) is 6.08 Å². The van der Waals surface area contributed by atoms with Crippen LogP contribution < -0.4 is 0 Å². The molecule has 6 nitrogen and oxygen atoms in total. The molecular formula is C8H6N4O2. The van der Waals surface area contributed by atoms with Crippen LogP contribution in [0.1, 0.15) is 6.42 Å². The smallest absolute Gasteiger partial charge is 0.307 e. The van der Waals surface area contributed by atoms with Crippen molar-refractivity contribution < 1.29 is 9.90 Å². The lowest BCUT2D eigenvalue weighted by molar-refractivity contribution is -0.136. The number of azo groups is 2. The van der Waals surface area contributed by atoms with Crippen LogP contribution in [0.4, 0.5) is 0 Å². The van der Waals surface area contributed by atoms with Gasteiger partial charge in [-0.3, -0.25) is 4.79 Å². The van der Waals surface area contributed by atoms with E-state index in [1.807, 2.05) is 0 Å². The molecule has 0 aromatic rings. The maximum atomic E-state index is 10.5. The van der Waals surface area contributed by atoms with Crippen LogP contribution in [-0.2, 0) is 4.79 Å². The van der Waals surface area contributed by atoms with Crippen molar-refractivity contribution in [2.75, 3.05) is 0 Å². The Morgan fingerprint density at radius 3 is 2.86 bits per heavy atom. The highest BCUT2D eigenvalue weighted by Gasteiger charge is 2.18. The molecule has 0 aromatic heterocycles. The van der Waals surface area contributed by atoms with Gasteiger partial charge in [0.2, 0.25) is 0 Å². The topological polar surface area (TPSA) is 86.7 Å². The Hall–Kier alpha value is -2.11. The van der Waals surface area contributed by atoms with Crippen LogP contribution in [0.3, 0.4) is 0 Å². The molecule has 6 heteroatoms. The van der Waals surface area contributed by atoms with E-state index in [2.05, 4.69) is 20.5 Å². The van der Waals surface area contributed by atoms with E-state index < -0.39 is 5.97 Å². The normalized spacial score (nSPS) is 23.3. The van der Waals surface area contributed by atoms with Crippen molar-refractivity contribution in [1.82, 2.24) is 0 Å². The quantitative estimate of drug-likeness (QED) is 0.721. The molecule has 2 aliphatic rings. The van der Waals surface area contributed by atoms with Crippen molar-refractivity contribution in [1.29, 1.82) is 0 Å². The van der Waals surface area contributed by atoms with E-state index >= 15 is 0 Å². The van der Waals surface area contributed by atoms with Gasteiger partial charge in [0.25, 0.3) is 0 Å². The Balaban J connectivity index is 2.29. The highest BCUT2D eigenvalue weighted by Crippen LogP contribution is 2.28. The van der Waals surface area contributed by atoms with E-state index in [0.717, 1.165) is 0 Å². The van der Waals surface area contributed by atoms with E-state index in [9.17, 15) is 4.79 Å². The third kappa shape index (κ3) is 1.49. The largest absolute Gasteiger partial charge is 0.481 e. The molecule has 2 heterocycles. The number of hydrogen-bond donors (Lipinski definition) is 1. The summed E-state index contributed by atoms with van der Waals surface area (Å²) >= 11 is 0. The molecule has 0 fully saturated rings. The number of hydrogen-bond acceptors (Lipinski definition) is 5. The van der Waals surface area contributed by atoms with Crippen LogP contribution in [0.5, 0.6) is 0 Å². The number of nitrogens with zero attached hydrogens (tertiary/aromatic N) is 4. The van der Waals surface area contributed by atoms with Crippen molar-refractivity contribution in [3.8, 4) is 0 Å². The number of carboxylic acid groups (broad SMARTS) is 1. The van der Waals surface area contributed by atoms with Gasteiger partial charge in [0.05, 0.1) is 18.8 Å². The van der Waals surface area contributed by atoms with E-state index in [1.165, 1.54) is 12.4 Å². The summed E-state index contributed by atoms with van der Waals surface area (Å²) in [6.07, 6.45) is 4.51. The molecular weight excluding hydrogens is 184 g/mol. The summed E-state index contributed by atoms with van der Waals surface area (Å²) in [5.41, 5.74) is 1.60. The minimum Gasteiger partial charge on any atom is -0.481 e. The average molecular weight is 190 g/mol. The molecule has 0 spiro atoms. The molecule has 0 bridgehead atoms. The third-order valence-corrected chi connectivity index (χ3v) is 1.72. The molecule has 14 heavy (non-hydrogen) atoms. The maximum Gasteiger partial charge on any atom is 0.307 e. The van der Waals surface area contributed by atoms with E-state index in [0.29, 0.717) is 17.0 Å². The molecule has 0 aromatic carbocycles. The summed E-state index contributed by atoms with van der Waals surface area (Å²) in [4.78, 5) is 10.5. The fourth-order valence-electron chi connectivity index (χ4n) is 1.15. The van der Waals surface area contributed by atoms with Crippen molar-refractivity contribution in [2.24, 2.45) is 20.5 Å². The standard InChI is InChI=1S/C8H6N4O2/c13-7(14)3-5-4-10-12-8(5)6-1-2-9-11-6/h1-2,4H,3H2,(H,13,14). The van der Waals surface area contributed by atoms with Crippen LogP contribution in [0.2, 0.25) is 0 Å². The number of allylic oxidation sites excluding steroid dienone is 2. The first-order valence-corrected chi connectivity index (χ1v) is 3.91. The molecule has 70 valence electrons. The minimum atomic E-state index is -0.916. The lowest BCUT2D eigenvalue weighted by Crippen LogP contribution is -1.98. The molecule has 0 amide bonds. The second-order valence-electron chi connectivity index (χ2n) is 2.71. The summed E-state index contributed by atoms with van der Waals surface area (Å²) in [6, 6.07) is 0. The fraction of sp³-hybridized carbons (Fsp3) is 0.125. The summed E-state index contributed by atoms with van der Waals surface area (Å²) in [5.74, 6) is -0.916. The molecule has 0 unspecified atom stereocenters. The van der Waals surface area contributed by atoms with E-state index in [-0.39, 0.29) is 6.42 Å². The monoisotopic (exact) mass is 190 g/mol. The maximum absolute atomic E-state index is 10.5. The lowest BCUT2D eigenvalue weighted by atomic mass is 10.1. The Kier molecular flexibility index (Phi) is 2.02. The zero-order valence-electron chi connectivity index (χ0n) is 7.08. The molecule has 0 aliphatic carbocycles. The van der Waals surface area contributed by atoms with Gasteiger partial charge in [0.1, 0.15) is 11.4 Å². The molecule has 2 aliphatic heterocycles. The predicted molar refractivity (Wildman–Crippen MR) is 46.2 cm³/mol. The molecule has 0 radical (unpaired) electrons. The fourth-order valence-corrected chi connectivity index (χ4v) is 1.15. The van der Waals surface area contributed by atoms with Gasteiger partial charge >= 0.3 is 5.97 Å². The number of carboxylic acids is 1. The molecule has 0 saturated heterocycles. The van der Waals surface area contributed by atoms with Crippen molar-refractivity contribution >= 4 is 5.97 Å².